The number of carbonyl (C=O) groups excluding carboxylic acids is 1. The summed E-state index contributed by atoms with van der Waals surface area (Å²) in [6.07, 6.45) is 0.463. The van der Waals surface area contributed by atoms with E-state index >= 15 is 0 Å². The van der Waals surface area contributed by atoms with Gasteiger partial charge in [0.25, 0.3) is 0 Å². The Morgan fingerprint density at radius 2 is 2.38 bits per heavy atom. The molecule has 0 unspecified atom stereocenters. The Bertz CT molecular complexity index is 205. The molecule has 1 saturated heterocycles. The maximum absolute atomic E-state index is 11.0. The van der Waals surface area contributed by atoms with Crippen LogP contribution in [0.25, 0.3) is 0 Å². The van der Waals surface area contributed by atoms with Crippen molar-refractivity contribution in [3.8, 4) is 0 Å². The van der Waals surface area contributed by atoms with Crippen molar-refractivity contribution in [1.29, 1.82) is 0 Å². The zero-order valence-corrected chi connectivity index (χ0v) is 8.33. The summed E-state index contributed by atoms with van der Waals surface area (Å²) in [4.78, 5) is 11.0. The number of carbonyl (C=O) groups is 1. The van der Waals surface area contributed by atoms with Gasteiger partial charge in [0.05, 0.1) is 6.10 Å². The van der Waals surface area contributed by atoms with Crippen LogP contribution in [-0.2, 0) is 4.74 Å². The van der Waals surface area contributed by atoms with Crippen LogP contribution in [0.15, 0.2) is 0 Å². The second-order valence-corrected chi connectivity index (χ2v) is 3.77. The fraction of sp³-hybridized carbons (Fsp3) is 0.889. The number of hydrogen-bond acceptors (Lipinski definition) is 3. The van der Waals surface area contributed by atoms with Crippen LogP contribution < -0.4 is 5.32 Å². The van der Waals surface area contributed by atoms with Crippen molar-refractivity contribution in [2.24, 2.45) is 0 Å². The number of aliphatic hydroxyl groups excluding tert-OH is 1. The molecule has 0 radical (unpaired) electrons. The molecule has 1 aliphatic heterocycles. The molecule has 4 nitrogen and oxygen atoms in total. The van der Waals surface area contributed by atoms with Crippen molar-refractivity contribution >= 4 is 6.09 Å². The van der Waals surface area contributed by atoms with Crippen molar-refractivity contribution in [2.75, 3.05) is 0 Å². The quantitative estimate of drug-likeness (QED) is 0.694. The van der Waals surface area contributed by atoms with Crippen LogP contribution in [0.2, 0.25) is 0 Å². The molecule has 0 saturated carbocycles. The van der Waals surface area contributed by atoms with E-state index in [1.165, 1.54) is 0 Å². The van der Waals surface area contributed by atoms with Gasteiger partial charge in [0.1, 0.15) is 11.6 Å². The van der Waals surface area contributed by atoms with Crippen LogP contribution >= 0.6 is 0 Å². The highest BCUT2D eigenvalue weighted by Crippen LogP contribution is 2.27. The highest BCUT2D eigenvalue weighted by atomic mass is 16.6. The average Bonchev–Trinajstić information content (AvgIpc) is 2.29. The number of rotatable bonds is 3. The predicted octanol–water partition coefficient (Wildman–Crippen LogP) is 1.03. The smallest absolute Gasteiger partial charge is 0.408 e. The Hall–Kier alpha value is -0.770. The van der Waals surface area contributed by atoms with Gasteiger partial charge < -0.3 is 15.2 Å². The minimum Gasteiger partial charge on any atom is -0.444 e. The lowest BCUT2D eigenvalue weighted by Crippen LogP contribution is -2.53. The van der Waals surface area contributed by atoms with E-state index in [0.29, 0.717) is 0 Å². The molecule has 1 aliphatic rings. The zero-order valence-electron chi connectivity index (χ0n) is 8.33. The Kier molecular flexibility index (Phi) is 2.81. The maximum Gasteiger partial charge on any atom is 0.408 e. The minimum atomic E-state index is -0.632. The van der Waals surface area contributed by atoms with E-state index in [2.05, 4.69) is 5.32 Å². The molecule has 4 heteroatoms. The highest BCUT2D eigenvalue weighted by Gasteiger charge is 2.47. The molecule has 0 aliphatic carbocycles. The summed E-state index contributed by atoms with van der Waals surface area (Å²) in [5.74, 6) is 0. The molecule has 13 heavy (non-hydrogen) atoms. The summed E-state index contributed by atoms with van der Waals surface area (Å²) >= 11 is 0. The molecular weight excluding hydrogens is 170 g/mol. The second kappa shape index (κ2) is 3.54. The summed E-state index contributed by atoms with van der Waals surface area (Å²) < 4.78 is 5.07. The van der Waals surface area contributed by atoms with E-state index in [4.69, 9.17) is 4.74 Å². The molecule has 2 N–H and O–H groups in total. The van der Waals surface area contributed by atoms with Gasteiger partial charge in [0, 0.05) is 0 Å². The van der Waals surface area contributed by atoms with Crippen LogP contribution in [0.5, 0.6) is 0 Å². The minimum absolute atomic E-state index is 0.218. The highest BCUT2D eigenvalue weighted by molar-refractivity contribution is 5.71. The first kappa shape index (κ1) is 10.3. The van der Waals surface area contributed by atoms with Crippen molar-refractivity contribution in [3.05, 3.63) is 0 Å². The number of nitrogens with one attached hydrogen (secondary N) is 1. The fourth-order valence-electron chi connectivity index (χ4n) is 1.58. The molecule has 1 heterocycles. The normalized spacial score (nSPS) is 35.4. The Morgan fingerprint density at radius 3 is 2.85 bits per heavy atom. The van der Waals surface area contributed by atoms with E-state index in [1.54, 1.807) is 6.92 Å². The number of cyclic esters (lactones) is 1. The first-order valence-electron chi connectivity index (χ1n) is 4.67. The molecular formula is C9H17NO3. The lowest BCUT2D eigenvalue weighted by atomic mass is 9.87. The lowest BCUT2D eigenvalue weighted by Gasteiger charge is -2.30. The molecule has 0 bridgehead atoms. The average molecular weight is 187 g/mol. The van der Waals surface area contributed by atoms with Crippen molar-refractivity contribution < 1.29 is 14.6 Å². The largest absolute Gasteiger partial charge is 0.444 e. The van der Waals surface area contributed by atoms with Gasteiger partial charge in [-0.2, -0.15) is 0 Å². The Labute approximate surface area is 78.3 Å². The van der Waals surface area contributed by atoms with Crippen LogP contribution in [0.1, 0.15) is 33.6 Å². The molecule has 0 aromatic carbocycles. The SMILES string of the molecule is CCC[C@H]1OC(=O)N[C@]1(C)[C@H](C)O. The Balaban J connectivity index is 2.75. The molecule has 1 amide bonds. The van der Waals surface area contributed by atoms with E-state index in [1.807, 2.05) is 13.8 Å². The van der Waals surface area contributed by atoms with Gasteiger partial charge >= 0.3 is 6.09 Å². The van der Waals surface area contributed by atoms with Gasteiger partial charge in [-0.15, -0.1) is 0 Å². The molecule has 1 fully saturated rings. The molecule has 0 spiro atoms. The van der Waals surface area contributed by atoms with Crippen molar-refractivity contribution in [2.45, 2.75) is 51.4 Å². The summed E-state index contributed by atoms with van der Waals surface area (Å²) in [6.45, 7) is 5.50. The third kappa shape index (κ3) is 1.77. The number of hydrogen-bond donors (Lipinski definition) is 2. The maximum atomic E-state index is 11.0. The number of alkyl carbamates (subject to hydrolysis) is 1. The third-order valence-corrected chi connectivity index (χ3v) is 2.71. The molecule has 0 aromatic rings. The standard InChI is InChI=1S/C9H17NO3/c1-4-5-7-9(3,6(2)11)10-8(12)13-7/h6-7,11H,4-5H2,1-3H3,(H,10,12)/t6-,7+,9+/m0/s1. The molecule has 1 rings (SSSR count). The van der Waals surface area contributed by atoms with E-state index < -0.39 is 17.7 Å². The van der Waals surface area contributed by atoms with Gasteiger partial charge in [-0.3, -0.25) is 0 Å². The first-order chi connectivity index (χ1) is 6.00. The van der Waals surface area contributed by atoms with Gasteiger partial charge in [-0.05, 0) is 20.3 Å². The molecule has 76 valence electrons. The van der Waals surface area contributed by atoms with Gasteiger partial charge in [0.2, 0.25) is 0 Å². The predicted molar refractivity (Wildman–Crippen MR) is 48.4 cm³/mol. The van der Waals surface area contributed by atoms with Crippen LogP contribution in [0.3, 0.4) is 0 Å². The monoisotopic (exact) mass is 187 g/mol. The van der Waals surface area contributed by atoms with Gasteiger partial charge in [-0.25, -0.2) is 4.79 Å². The topological polar surface area (TPSA) is 58.6 Å². The molecule has 0 aromatic heterocycles. The summed E-state index contributed by atoms with van der Waals surface area (Å²) in [5, 5.41) is 12.2. The number of aliphatic hydroxyl groups is 1. The van der Waals surface area contributed by atoms with Gasteiger partial charge in [-0.1, -0.05) is 13.3 Å². The van der Waals surface area contributed by atoms with E-state index in [9.17, 15) is 9.90 Å². The van der Waals surface area contributed by atoms with Gasteiger partial charge in [0.15, 0.2) is 0 Å². The van der Waals surface area contributed by atoms with Crippen molar-refractivity contribution in [3.63, 3.8) is 0 Å². The van der Waals surface area contributed by atoms with E-state index in [0.717, 1.165) is 12.8 Å². The fourth-order valence-corrected chi connectivity index (χ4v) is 1.58. The van der Waals surface area contributed by atoms with Crippen molar-refractivity contribution in [1.82, 2.24) is 5.32 Å². The molecule has 3 atom stereocenters. The second-order valence-electron chi connectivity index (χ2n) is 3.77. The zero-order chi connectivity index (χ0) is 10.1. The number of amides is 1. The summed E-state index contributed by atoms with van der Waals surface area (Å²) in [5.41, 5.74) is -0.632. The Morgan fingerprint density at radius 1 is 1.77 bits per heavy atom. The van der Waals surface area contributed by atoms with Crippen LogP contribution in [0, 0.1) is 0 Å². The van der Waals surface area contributed by atoms with Crippen LogP contribution in [0.4, 0.5) is 4.79 Å². The lowest BCUT2D eigenvalue weighted by molar-refractivity contribution is 0.0324. The first-order valence-corrected chi connectivity index (χ1v) is 4.67. The third-order valence-electron chi connectivity index (χ3n) is 2.71. The number of ether oxygens (including phenoxy) is 1. The summed E-state index contributed by atoms with van der Waals surface area (Å²) in [6, 6.07) is 0. The van der Waals surface area contributed by atoms with Crippen LogP contribution in [-0.4, -0.2) is 28.9 Å². The summed E-state index contributed by atoms with van der Waals surface area (Å²) in [7, 11) is 0. The van der Waals surface area contributed by atoms with E-state index in [-0.39, 0.29) is 6.10 Å².